The molecule has 4 heteroatoms. The number of carbonyl (C=O) groups is 1. The first kappa shape index (κ1) is 12.1. The van der Waals surface area contributed by atoms with Gasteiger partial charge in [-0.25, -0.2) is 4.98 Å². The Morgan fingerprint density at radius 1 is 1.22 bits per heavy atom. The first-order valence-corrected chi connectivity index (χ1v) is 5.64. The minimum atomic E-state index is -0.116. The van der Waals surface area contributed by atoms with Gasteiger partial charge in [0.25, 0.3) is 0 Å². The largest absolute Gasteiger partial charge is 0.473 e. The standard InChI is InChI=1S/C14H14N2O2/c1-11(17)16-13-7-8-14(15-9-13)18-10-12-5-3-2-4-6-12/h2-9H,10H2,1H3,(H,16,17). The first-order valence-electron chi connectivity index (χ1n) is 5.64. The van der Waals surface area contributed by atoms with Crippen molar-refractivity contribution in [3.8, 4) is 5.88 Å². The van der Waals surface area contributed by atoms with Crippen LogP contribution in [0.4, 0.5) is 5.69 Å². The van der Waals surface area contributed by atoms with Gasteiger partial charge in [-0.3, -0.25) is 4.79 Å². The quantitative estimate of drug-likeness (QED) is 0.896. The topological polar surface area (TPSA) is 51.2 Å². The molecular weight excluding hydrogens is 228 g/mol. The number of hydrogen-bond donors (Lipinski definition) is 1. The van der Waals surface area contributed by atoms with Gasteiger partial charge in [-0.1, -0.05) is 30.3 Å². The number of amides is 1. The number of ether oxygens (including phenoxy) is 1. The van der Waals surface area contributed by atoms with Gasteiger partial charge >= 0.3 is 0 Å². The Morgan fingerprint density at radius 2 is 2.00 bits per heavy atom. The van der Waals surface area contributed by atoms with Gasteiger partial charge in [-0.2, -0.15) is 0 Å². The SMILES string of the molecule is CC(=O)Nc1ccc(OCc2ccccc2)nc1. The van der Waals surface area contributed by atoms with E-state index in [2.05, 4.69) is 10.3 Å². The molecule has 0 radical (unpaired) electrons. The van der Waals surface area contributed by atoms with Gasteiger partial charge in [-0.05, 0) is 11.6 Å². The number of hydrogen-bond acceptors (Lipinski definition) is 3. The summed E-state index contributed by atoms with van der Waals surface area (Å²) in [4.78, 5) is 14.9. The summed E-state index contributed by atoms with van der Waals surface area (Å²) in [5.41, 5.74) is 1.75. The van der Waals surface area contributed by atoms with Gasteiger partial charge in [0.15, 0.2) is 0 Å². The molecule has 0 saturated heterocycles. The van der Waals surface area contributed by atoms with Crippen molar-refractivity contribution < 1.29 is 9.53 Å². The highest BCUT2D eigenvalue weighted by molar-refractivity contribution is 5.88. The fourth-order valence-corrected chi connectivity index (χ4v) is 1.47. The van der Waals surface area contributed by atoms with Crippen LogP contribution < -0.4 is 10.1 Å². The summed E-state index contributed by atoms with van der Waals surface area (Å²) in [6, 6.07) is 13.4. The molecule has 0 fully saturated rings. The van der Waals surface area contributed by atoms with E-state index in [-0.39, 0.29) is 5.91 Å². The van der Waals surface area contributed by atoms with Crippen LogP contribution in [0.1, 0.15) is 12.5 Å². The number of benzene rings is 1. The number of rotatable bonds is 4. The van der Waals surface area contributed by atoms with Crippen molar-refractivity contribution >= 4 is 11.6 Å². The Bertz CT molecular complexity index is 509. The van der Waals surface area contributed by atoms with Crippen LogP contribution >= 0.6 is 0 Å². The van der Waals surface area contributed by atoms with Crippen LogP contribution in [0.15, 0.2) is 48.7 Å². The summed E-state index contributed by atoms with van der Waals surface area (Å²) in [5.74, 6) is 0.419. The van der Waals surface area contributed by atoms with Gasteiger partial charge in [0.2, 0.25) is 11.8 Å². The van der Waals surface area contributed by atoms with E-state index >= 15 is 0 Å². The number of nitrogens with zero attached hydrogens (tertiary/aromatic N) is 1. The average Bonchev–Trinajstić information content (AvgIpc) is 2.38. The van der Waals surface area contributed by atoms with E-state index in [0.717, 1.165) is 5.56 Å². The Hall–Kier alpha value is -2.36. The third-order valence-electron chi connectivity index (χ3n) is 2.29. The predicted molar refractivity (Wildman–Crippen MR) is 69.3 cm³/mol. The van der Waals surface area contributed by atoms with Crippen LogP contribution in [0.3, 0.4) is 0 Å². The lowest BCUT2D eigenvalue weighted by molar-refractivity contribution is -0.114. The number of anilines is 1. The van der Waals surface area contributed by atoms with E-state index in [9.17, 15) is 4.79 Å². The van der Waals surface area contributed by atoms with E-state index in [1.165, 1.54) is 6.92 Å². The molecule has 1 aromatic heterocycles. The van der Waals surface area contributed by atoms with Crippen LogP contribution in [-0.2, 0) is 11.4 Å². The molecule has 0 spiro atoms. The van der Waals surface area contributed by atoms with Crippen molar-refractivity contribution in [2.75, 3.05) is 5.32 Å². The second kappa shape index (κ2) is 5.82. The van der Waals surface area contributed by atoms with Crippen LogP contribution in [-0.4, -0.2) is 10.9 Å². The fourth-order valence-electron chi connectivity index (χ4n) is 1.47. The molecule has 0 aliphatic heterocycles. The van der Waals surface area contributed by atoms with E-state index < -0.39 is 0 Å². The summed E-state index contributed by atoms with van der Waals surface area (Å²) < 4.78 is 5.53. The highest BCUT2D eigenvalue weighted by Gasteiger charge is 1.99. The third kappa shape index (κ3) is 3.59. The Labute approximate surface area is 106 Å². The van der Waals surface area contributed by atoms with Gasteiger partial charge in [0, 0.05) is 13.0 Å². The van der Waals surface area contributed by atoms with E-state index in [1.54, 1.807) is 18.3 Å². The monoisotopic (exact) mass is 242 g/mol. The number of aromatic nitrogens is 1. The van der Waals surface area contributed by atoms with Gasteiger partial charge in [0.1, 0.15) is 6.61 Å². The van der Waals surface area contributed by atoms with Crippen LogP contribution in [0.5, 0.6) is 5.88 Å². The van der Waals surface area contributed by atoms with Crippen molar-refractivity contribution in [3.05, 3.63) is 54.2 Å². The van der Waals surface area contributed by atoms with Crippen molar-refractivity contribution in [1.29, 1.82) is 0 Å². The number of nitrogens with one attached hydrogen (secondary N) is 1. The zero-order valence-electron chi connectivity index (χ0n) is 10.1. The molecule has 0 bridgehead atoms. The highest BCUT2D eigenvalue weighted by Crippen LogP contribution is 2.13. The molecule has 0 aliphatic rings. The maximum Gasteiger partial charge on any atom is 0.221 e. The maximum absolute atomic E-state index is 10.8. The van der Waals surface area contributed by atoms with Crippen molar-refractivity contribution in [1.82, 2.24) is 4.98 Å². The smallest absolute Gasteiger partial charge is 0.221 e. The first-order chi connectivity index (χ1) is 8.74. The Balaban J connectivity index is 1.92. The second-order valence-corrected chi connectivity index (χ2v) is 3.84. The van der Waals surface area contributed by atoms with Crippen LogP contribution in [0.2, 0.25) is 0 Å². The molecule has 2 rings (SSSR count). The van der Waals surface area contributed by atoms with E-state index in [1.807, 2.05) is 30.3 Å². The number of pyridine rings is 1. The zero-order chi connectivity index (χ0) is 12.8. The van der Waals surface area contributed by atoms with Gasteiger partial charge in [0.05, 0.1) is 11.9 Å². The van der Waals surface area contributed by atoms with Crippen molar-refractivity contribution in [3.63, 3.8) is 0 Å². The molecule has 0 saturated carbocycles. The van der Waals surface area contributed by atoms with Crippen LogP contribution in [0, 0.1) is 0 Å². The maximum atomic E-state index is 10.8. The summed E-state index contributed by atoms with van der Waals surface area (Å²) in [5, 5.41) is 2.65. The summed E-state index contributed by atoms with van der Waals surface area (Å²) in [7, 11) is 0. The molecular formula is C14H14N2O2. The fraction of sp³-hybridized carbons (Fsp3) is 0.143. The lowest BCUT2D eigenvalue weighted by atomic mass is 10.2. The molecule has 4 nitrogen and oxygen atoms in total. The molecule has 0 aliphatic carbocycles. The molecule has 92 valence electrons. The molecule has 2 aromatic rings. The molecule has 1 heterocycles. The molecule has 1 aromatic carbocycles. The second-order valence-electron chi connectivity index (χ2n) is 3.84. The average molecular weight is 242 g/mol. The third-order valence-corrected chi connectivity index (χ3v) is 2.29. The predicted octanol–water partition coefficient (Wildman–Crippen LogP) is 2.62. The Kier molecular flexibility index (Phi) is 3.91. The lowest BCUT2D eigenvalue weighted by Gasteiger charge is -2.06. The normalized spacial score (nSPS) is 9.83. The van der Waals surface area contributed by atoms with Gasteiger partial charge < -0.3 is 10.1 Å². The van der Waals surface area contributed by atoms with Crippen molar-refractivity contribution in [2.45, 2.75) is 13.5 Å². The van der Waals surface area contributed by atoms with Crippen LogP contribution in [0.25, 0.3) is 0 Å². The molecule has 18 heavy (non-hydrogen) atoms. The van der Waals surface area contributed by atoms with E-state index in [4.69, 9.17) is 4.74 Å². The minimum absolute atomic E-state index is 0.116. The molecule has 1 amide bonds. The van der Waals surface area contributed by atoms with Gasteiger partial charge in [-0.15, -0.1) is 0 Å². The van der Waals surface area contributed by atoms with Crippen molar-refractivity contribution in [2.24, 2.45) is 0 Å². The summed E-state index contributed by atoms with van der Waals surface area (Å²) in [6.45, 7) is 1.94. The lowest BCUT2D eigenvalue weighted by Crippen LogP contribution is -2.06. The summed E-state index contributed by atoms with van der Waals surface area (Å²) >= 11 is 0. The van der Waals surface area contributed by atoms with E-state index in [0.29, 0.717) is 18.2 Å². The molecule has 0 atom stereocenters. The minimum Gasteiger partial charge on any atom is -0.473 e. The summed E-state index contributed by atoms with van der Waals surface area (Å²) in [6.07, 6.45) is 1.57. The molecule has 1 N–H and O–H groups in total. The molecule has 0 unspecified atom stereocenters. The zero-order valence-corrected chi connectivity index (χ0v) is 10.1. The highest BCUT2D eigenvalue weighted by atomic mass is 16.5. The Morgan fingerprint density at radius 3 is 2.61 bits per heavy atom. The number of carbonyl (C=O) groups excluding carboxylic acids is 1.